The first-order valence-corrected chi connectivity index (χ1v) is 29.8. The summed E-state index contributed by atoms with van der Waals surface area (Å²) < 4.78 is 6.42. The Balaban J connectivity index is 0.750. The van der Waals surface area contributed by atoms with E-state index in [4.69, 9.17) is 11.0 Å². The van der Waals surface area contributed by atoms with Gasteiger partial charge in [-0.2, -0.15) is 0 Å². The van der Waals surface area contributed by atoms with E-state index in [2.05, 4.69) is 302 Å². The number of rotatable bonds is 8. The minimum Gasteiger partial charge on any atom is -0.456 e. The molecular formula is C84H53NO. The molecule has 3 aliphatic carbocycles. The van der Waals surface area contributed by atoms with E-state index in [1.807, 2.05) is 6.07 Å². The molecule has 1 spiro atoms. The highest BCUT2D eigenvalue weighted by atomic mass is 16.3. The second-order valence-corrected chi connectivity index (χ2v) is 23.5. The number of benzene rings is 14. The Bertz CT molecular complexity index is 5250. The lowest BCUT2D eigenvalue weighted by molar-refractivity contribution is 0.669. The minimum absolute atomic E-state index is 0.00886. The highest BCUT2D eigenvalue weighted by Gasteiger charge is 2.51. The molecule has 0 aliphatic heterocycles. The molecule has 2 heteroatoms. The van der Waals surface area contributed by atoms with E-state index in [-0.39, 0.29) is 5.92 Å². The smallest absolute Gasteiger partial charge is 0.136 e. The van der Waals surface area contributed by atoms with E-state index in [1.54, 1.807) is 0 Å². The highest BCUT2D eigenvalue weighted by Crippen LogP contribution is 2.63. The van der Waals surface area contributed by atoms with Crippen molar-refractivity contribution in [1.82, 2.24) is 0 Å². The fourth-order valence-electron chi connectivity index (χ4n) is 15.3. The lowest BCUT2D eigenvalue weighted by atomic mass is 9.70. The van der Waals surface area contributed by atoms with Gasteiger partial charge < -0.3 is 9.32 Å². The van der Waals surface area contributed by atoms with Crippen LogP contribution in [0.5, 0.6) is 0 Å². The Morgan fingerprint density at radius 1 is 0.314 bits per heavy atom. The quantitative estimate of drug-likeness (QED) is 0.151. The molecule has 0 saturated heterocycles. The Morgan fingerprint density at radius 2 is 0.860 bits per heavy atom. The zero-order chi connectivity index (χ0) is 56.6. The molecule has 2 nitrogen and oxygen atoms in total. The average Bonchev–Trinajstić information content (AvgIpc) is 1.64. The van der Waals surface area contributed by atoms with Gasteiger partial charge in [-0.1, -0.05) is 237 Å². The zero-order valence-electron chi connectivity index (χ0n) is 47.0. The fourth-order valence-corrected chi connectivity index (χ4v) is 15.3. The number of furan rings is 1. The number of para-hydroxylation sites is 1. The number of allylic oxidation sites excluding steroid dienone is 1. The Kier molecular flexibility index (Phi) is 10.6. The van der Waals surface area contributed by atoms with Gasteiger partial charge in [0.05, 0.1) is 5.41 Å². The summed E-state index contributed by atoms with van der Waals surface area (Å²) in [4.78, 5) is 2.45. The van der Waals surface area contributed by atoms with Gasteiger partial charge in [-0.05, 0) is 206 Å². The summed E-state index contributed by atoms with van der Waals surface area (Å²) in [7, 11) is 0. The number of anilines is 3. The van der Waals surface area contributed by atoms with Crippen molar-refractivity contribution in [2.45, 2.75) is 11.3 Å². The summed E-state index contributed by atoms with van der Waals surface area (Å²) in [6.07, 6.45) is 0. The van der Waals surface area contributed by atoms with Crippen LogP contribution in [0.4, 0.5) is 17.1 Å². The zero-order valence-corrected chi connectivity index (χ0v) is 47.0. The van der Waals surface area contributed by atoms with E-state index < -0.39 is 5.41 Å². The van der Waals surface area contributed by atoms with Crippen LogP contribution in [0.3, 0.4) is 0 Å². The van der Waals surface area contributed by atoms with Crippen LogP contribution in [0.15, 0.2) is 314 Å². The molecule has 0 N–H and O–H groups in total. The van der Waals surface area contributed by atoms with E-state index in [9.17, 15) is 0 Å². The number of nitrogens with zero attached hydrogens (tertiary/aromatic N) is 1. The Morgan fingerprint density at radius 3 is 1.59 bits per heavy atom. The molecule has 0 saturated carbocycles. The first-order valence-electron chi connectivity index (χ1n) is 29.8. The molecule has 15 aromatic rings. The lowest BCUT2D eigenvalue weighted by Gasteiger charge is -2.32. The summed E-state index contributed by atoms with van der Waals surface area (Å²) in [5, 5.41) is 7.19. The van der Waals surface area contributed by atoms with Crippen molar-refractivity contribution in [3.63, 3.8) is 0 Å². The van der Waals surface area contributed by atoms with E-state index in [1.165, 1.54) is 111 Å². The van der Waals surface area contributed by atoms with Gasteiger partial charge in [-0.3, -0.25) is 0 Å². The second-order valence-electron chi connectivity index (χ2n) is 23.5. The minimum atomic E-state index is -0.467. The molecule has 1 aromatic heterocycles. The summed E-state index contributed by atoms with van der Waals surface area (Å²) in [6, 6.07) is 112. The van der Waals surface area contributed by atoms with Crippen LogP contribution in [0.2, 0.25) is 0 Å². The summed E-state index contributed by atoms with van der Waals surface area (Å²) in [6.45, 7) is 4.80. The molecule has 0 unspecified atom stereocenters. The molecule has 18 rings (SSSR count). The van der Waals surface area contributed by atoms with Gasteiger partial charge in [-0.25, -0.2) is 0 Å². The van der Waals surface area contributed by atoms with E-state index in [0.29, 0.717) is 0 Å². The van der Waals surface area contributed by atoms with E-state index in [0.717, 1.165) is 61.3 Å². The van der Waals surface area contributed by atoms with Gasteiger partial charge in [0.15, 0.2) is 0 Å². The van der Waals surface area contributed by atoms with Crippen LogP contribution in [0.1, 0.15) is 44.9 Å². The van der Waals surface area contributed by atoms with Crippen molar-refractivity contribution in [2.24, 2.45) is 0 Å². The van der Waals surface area contributed by atoms with Crippen molar-refractivity contribution in [3.8, 4) is 66.8 Å². The predicted octanol–water partition coefficient (Wildman–Crippen LogP) is 22.5. The fraction of sp³-hybridized carbons (Fsp3) is 0.0238. The van der Waals surface area contributed by atoms with Crippen molar-refractivity contribution in [1.29, 1.82) is 0 Å². The van der Waals surface area contributed by atoms with Gasteiger partial charge >= 0.3 is 0 Å². The molecule has 14 aromatic carbocycles. The van der Waals surface area contributed by atoms with Gasteiger partial charge in [0.25, 0.3) is 0 Å². The van der Waals surface area contributed by atoms with Crippen LogP contribution in [0, 0.1) is 0 Å². The monoisotopic (exact) mass is 1090 g/mol. The van der Waals surface area contributed by atoms with Gasteiger partial charge in [0, 0.05) is 33.8 Å². The molecule has 3 aliphatic rings. The van der Waals surface area contributed by atoms with Crippen molar-refractivity contribution in [2.75, 3.05) is 4.90 Å². The first kappa shape index (κ1) is 48.5. The van der Waals surface area contributed by atoms with Crippen LogP contribution in [-0.4, -0.2) is 0 Å². The molecular weight excluding hydrogens is 1040 g/mol. The predicted molar refractivity (Wildman–Crippen MR) is 359 cm³/mol. The van der Waals surface area contributed by atoms with Gasteiger partial charge in [0.1, 0.15) is 11.2 Å². The maximum Gasteiger partial charge on any atom is 0.136 e. The molecule has 0 fully saturated rings. The van der Waals surface area contributed by atoms with Crippen LogP contribution in [0.25, 0.3) is 116 Å². The molecule has 86 heavy (non-hydrogen) atoms. The number of hydrogen-bond donors (Lipinski definition) is 0. The van der Waals surface area contributed by atoms with Gasteiger partial charge in [0.2, 0.25) is 0 Å². The van der Waals surface area contributed by atoms with Crippen LogP contribution >= 0.6 is 0 Å². The first-order chi connectivity index (χ1) is 42.5. The van der Waals surface area contributed by atoms with Crippen molar-refractivity contribution in [3.05, 3.63) is 349 Å². The average molecular weight is 1090 g/mol. The second kappa shape index (κ2) is 18.7. The third-order valence-corrected chi connectivity index (χ3v) is 19.1. The molecule has 0 bridgehead atoms. The SMILES string of the molecule is C=C(c1ccccc1)[C@@H]1c2ccc(-c3cccc(-c4ccc(N(c5ccc(-c6cccc7ccccc67)cc5)c5ccc6c(c5)C5(c7ccccc7-c7ccccc75)c5ccccc5-6)cc4)c3)cc2-c2cc3c(ccc4oc5ccccc5c43)cc21. The standard InChI is InChI=1S/C84H53NO/c1-52(53-17-3-2-4-18-53)82-70-44-37-59(48-73(70)74-51-72-60(49-75(74)82)38-46-81-83(72)71-27-10-14-32-80(71)86-81)58-22-15-21-57(47-58)54-33-39-61(40-34-54)85(62-41-35-56(36-42-62)65-28-16-20-55-19-5-6-23-64(55)65)63-43-45-69-68-26-9-13-31-78(68)84(79(69)50-63)76-29-11-7-24-66(76)67-25-8-12-30-77(67)84/h2-51,82H,1H2/t82-/m1/s1. The molecule has 1 atom stereocenters. The third kappa shape index (κ3) is 7.08. The molecule has 1 heterocycles. The third-order valence-electron chi connectivity index (χ3n) is 19.1. The van der Waals surface area contributed by atoms with Crippen molar-refractivity contribution >= 4 is 66.1 Å². The molecule has 0 radical (unpaired) electrons. The highest BCUT2D eigenvalue weighted by molar-refractivity contribution is 6.20. The van der Waals surface area contributed by atoms with Crippen LogP contribution < -0.4 is 4.90 Å². The maximum atomic E-state index is 6.42. The summed E-state index contributed by atoms with van der Waals surface area (Å²) in [5.74, 6) is 0.00886. The van der Waals surface area contributed by atoms with E-state index >= 15 is 0 Å². The number of hydrogen-bond acceptors (Lipinski definition) is 2. The van der Waals surface area contributed by atoms with Gasteiger partial charge in [-0.15, -0.1) is 0 Å². The normalized spacial score (nSPS) is 13.8. The van der Waals surface area contributed by atoms with Crippen molar-refractivity contribution < 1.29 is 4.42 Å². The lowest BCUT2D eigenvalue weighted by Crippen LogP contribution is -2.26. The summed E-state index contributed by atoms with van der Waals surface area (Å²) >= 11 is 0. The van der Waals surface area contributed by atoms with Crippen LogP contribution in [-0.2, 0) is 5.41 Å². The largest absolute Gasteiger partial charge is 0.456 e. The number of fused-ring (bicyclic) bond motifs is 19. The Hall–Kier alpha value is -11.1. The molecule has 0 amide bonds. The maximum absolute atomic E-state index is 6.42. The topological polar surface area (TPSA) is 16.4 Å². The molecule has 400 valence electrons. The Labute approximate surface area is 499 Å². The summed E-state index contributed by atoms with van der Waals surface area (Å²) in [5.41, 5.74) is 29.5.